The Morgan fingerprint density at radius 2 is 2.12 bits per heavy atom. The SMILES string of the molecule is NCC1CCCCN1CCC(=O)NC(N)=O. The lowest BCUT2D eigenvalue weighted by Gasteiger charge is -2.34. The molecule has 1 aliphatic rings. The molecular formula is C10H20N4O2. The smallest absolute Gasteiger partial charge is 0.318 e. The van der Waals surface area contributed by atoms with Crippen LogP contribution < -0.4 is 16.8 Å². The van der Waals surface area contributed by atoms with Gasteiger partial charge < -0.3 is 11.5 Å². The van der Waals surface area contributed by atoms with E-state index in [4.69, 9.17) is 11.5 Å². The number of nitrogens with one attached hydrogen (secondary N) is 1. The highest BCUT2D eigenvalue weighted by atomic mass is 16.2. The Bertz CT molecular complexity index is 257. The number of nitrogens with zero attached hydrogens (tertiary/aromatic N) is 1. The van der Waals surface area contributed by atoms with Crippen molar-refractivity contribution >= 4 is 11.9 Å². The van der Waals surface area contributed by atoms with Crippen LogP contribution in [0.2, 0.25) is 0 Å². The summed E-state index contributed by atoms with van der Waals surface area (Å²) >= 11 is 0. The van der Waals surface area contributed by atoms with Gasteiger partial charge in [-0.1, -0.05) is 6.42 Å². The van der Waals surface area contributed by atoms with Crippen molar-refractivity contribution in [2.75, 3.05) is 19.6 Å². The van der Waals surface area contributed by atoms with Crippen molar-refractivity contribution in [3.05, 3.63) is 0 Å². The summed E-state index contributed by atoms with van der Waals surface area (Å²) in [6.45, 7) is 2.24. The molecule has 0 saturated carbocycles. The third-order valence-electron chi connectivity index (χ3n) is 2.91. The Morgan fingerprint density at radius 1 is 1.38 bits per heavy atom. The van der Waals surface area contributed by atoms with Crippen molar-refractivity contribution in [2.45, 2.75) is 31.7 Å². The van der Waals surface area contributed by atoms with Crippen molar-refractivity contribution in [3.8, 4) is 0 Å². The largest absolute Gasteiger partial charge is 0.351 e. The maximum Gasteiger partial charge on any atom is 0.318 e. The predicted molar refractivity (Wildman–Crippen MR) is 60.6 cm³/mol. The molecule has 0 aromatic rings. The summed E-state index contributed by atoms with van der Waals surface area (Å²) in [4.78, 5) is 23.9. The zero-order valence-corrected chi connectivity index (χ0v) is 9.45. The number of carbonyl (C=O) groups is 2. The molecule has 1 saturated heterocycles. The van der Waals surface area contributed by atoms with E-state index in [9.17, 15) is 9.59 Å². The molecule has 1 atom stereocenters. The zero-order valence-electron chi connectivity index (χ0n) is 9.45. The van der Waals surface area contributed by atoms with Gasteiger partial charge in [-0.3, -0.25) is 15.0 Å². The third-order valence-corrected chi connectivity index (χ3v) is 2.91. The van der Waals surface area contributed by atoms with E-state index in [0.29, 0.717) is 25.6 Å². The first-order valence-corrected chi connectivity index (χ1v) is 5.67. The van der Waals surface area contributed by atoms with Crippen LogP contribution in [-0.4, -0.2) is 42.5 Å². The van der Waals surface area contributed by atoms with Crippen LogP contribution in [0.5, 0.6) is 0 Å². The van der Waals surface area contributed by atoms with E-state index in [1.807, 2.05) is 0 Å². The number of urea groups is 1. The fourth-order valence-electron chi connectivity index (χ4n) is 2.07. The lowest BCUT2D eigenvalue weighted by Crippen LogP contribution is -2.46. The standard InChI is InChI=1S/C10H20N4O2/c11-7-8-3-1-2-5-14(8)6-4-9(15)13-10(12)16/h8H,1-7,11H2,(H3,12,13,15,16). The number of amides is 3. The number of hydrogen-bond acceptors (Lipinski definition) is 4. The van der Waals surface area contributed by atoms with Gasteiger partial charge in [0.2, 0.25) is 5.91 Å². The van der Waals surface area contributed by atoms with E-state index < -0.39 is 6.03 Å². The summed E-state index contributed by atoms with van der Waals surface area (Å²) in [5.74, 6) is -0.325. The van der Waals surface area contributed by atoms with Gasteiger partial charge in [0.15, 0.2) is 0 Å². The fourth-order valence-corrected chi connectivity index (χ4v) is 2.07. The van der Waals surface area contributed by atoms with E-state index >= 15 is 0 Å². The zero-order chi connectivity index (χ0) is 12.0. The number of hydrogen-bond donors (Lipinski definition) is 3. The molecule has 1 heterocycles. The van der Waals surface area contributed by atoms with Crippen LogP contribution in [0.1, 0.15) is 25.7 Å². The molecule has 5 N–H and O–H groups in total. The maximum atomic E-state index is 11.2. The quantitative estimate of drug-likeness (QED) is 0.597. The van der Waals surface area contributed by atoms with Crippen LogP contribution in [0.15, 0.2) is 0 Å². The molecule has 1 aliphatic heterocycles. The molecule has 0 spiro atoms. The molecule has 1 fully saturated rings. The molecule has 0 radical (unpaired) electrons. The number of carbonyl (C=O) groups excluding carboxylic acids is 2. The third kappa shape index (κ3) is 4.16. The topological polar surface area (TPSA) is 101 Å². The van der Waals surface area contributed by atoms with E-state index in [-0.39, 0.29) is 5.91 Å². The van der Waals surface area contributed by atoms with Crippen molar-refractivity contribution in [2.24, 2.45) is 11.5 Å². The van der Waals surface area contributed by atoms with Crippen molar-refractivity contribution in [1.29, 1.82) is 0 Å². The Balaban J connectivity index is 2.29. The van der Waals surface area contributed by atoms with Gasteiger partial charge in [-0.25, -0.2) is 4.79 Å². The molecule has 0 aliphatic carbocycles. The predicted octanol–water partition coefficient (Wildman–Crippen LogP) is -0.615. The molecule has 0 aromatic carbocycles. The van der Waals surface area contributed by atoms with Gasteiger partial charge in [0.1, 0.15) is 0 Å². The lowest BCUT2D eigenvalue weighted by molar-refractivity contribution is -0.120. The highest BCUT2D eigenvalue weighted by molar-refractivity contribution is 5.93. The summed E-state index contributed by atoms with van der Waals surface area (Å²) in [5, 5.41) is 2.06. The molecule has 6 heteroatoms. The Hall–Kier alpha value is -1.14. The minimum atomic E-state index is -0.793. The van der Waals surface area contributed by atoms with Crippen LogP contribution in [0.25, 0.3) is 0 Å². The van der Waals surface area contributed by atoms with Gasteiger partial charge in [-0.05, 0) is 19.4 Å². The minimum Gasteiger partial charge on any atom is -0.351 e. The summed E-state index contributed by atoms with van der Waals surface area (Å²) in [6, 6.07) is -0.422. The lowest BCUT2D eigenvalue weighted by atomic mass is 10.0. The van der Waals surface area contributed by atoms with Crippen LogP contribution in [0, 0.1) is 0 Å². The number of rotatable bonds is 4. The number of piperidine rings is 1. The molecule has 0 bridgehead atoms. The Kier molecular flexibility index (Phi) is 5.21. The van der Waals surface area contributed by atoms with Gasteiger partial charge in [0.25, 0.3) is 0 Å². The Morgan fingerprint density at radius 3 is 2.75 bits per heavy atom. The number of nitrogens with two attached hydrogens (primary N) is 2. The summed E-state index contributed by atoms with van der Waals surface area (Å²) < 4.78 is 0. The van der Waals surface area contributed by atoms with Crippen LogP contribution >= 0.6 is 0 Å². The van der Waals surface area contributed by atoms with E-state index in [0.717, 1.165) is 19.4 Å². The molecule has 3 amide bonds. The normalized spacial score (nSPS) is 21.7. The highest BCUT2D eigenvalue weighted by Gasteiger charge is 2.21. The van der Waals surface area contributed by atoms with Crippen LogP contribution in [0.3, 0.4) is 0 Å². The summed E-state index contributed by atoms with van der Waals surface area (Å²) in [7, 11) is 0. The molecule has 1 unspecified atom stereocenters. The number of imide groups is 1. The van der Waals surface area contributed by atoms with Crippen molar-refractivity contribution in [3.63, 3.8) is 0 Å². The Labute approximate surface area is 95.3 Å². The number of likely N-dealkylation sites (tertiary alicyclic amines) is 1. The van der Waals surface area contributed by atoms with E-state index in [2.05, 4.69) is 10.2 Å². The minimum absolute atomic E-state index is 0.291. The van der Waals surface area contributed by atoms with Gasteiger partial charge in [0.05, 0.1) is 0 Å². The van der Waals surface area contributed by atoms with E-state index in [1.54, 1.807) is 0 Å². The highest BCUT2D eigenvalue weighted by Crippen LogP contribution is 2.15. The average molecular weight is 228 g/mol. The molecule has 16 heavy (non-hydrogen) atoms. The van der Waals surface area contributed by atoms with Gasteiger partial charge >= 0.3 is 6.03 Å². The van der Waals surface area contributed by atoms with Gasteiger partial charge in [0, 0.05) is 25.6 Å². The molecule has 6 nitrogen and oxygen atoms in total. The van der Waals surface area contributed by atoms with Crippen molar-refractivity contribution in [1.82, 2.24) is 10.2 Å². The summed E-state index contributed by atoms with van der Waals surface area (Å²) in [6.07, 6.45) is 3.73. The first-order chi connectivity index (χ1) is 7.63. The second-order valence-electron chi connectivity index (χ2n) is 4.08. The van der Waals surface area contributed by atoms with Crippen LogP contribution in [0.4, 0.5) is 4.79 Å². The maximum absolute atomic E-state index is 11.2. The first-order valence-electron chi connectivity index (χ1n) is 5.67. The van der Waals surface area contributed by atoms with Crippen molar-refractivity contribution < 1.29 is 9.59 Å². The summed E-state index contributed by atoms with van der Waals surface area (Å²) in [5.41, 5.74) is 10.5. The van der Waals surface area contributed by atoms with Gasteiger partial charge in [-0.15, -0.1) is 0 Å². The molecule has 0 aromatic heterocycles. The van der Waals surface area contributed by atoms with Crippen LogP contribution in [-0.2, 0) is 4.79 Å². The first kappa shape index (κ1) is 12.9. The van der Waals surface area contributed by atoms with Gasteiger partial charge in [-0.2, -0.15) is 0 Å². The monoisotopic (exact) mass is 228 g/mol. The average Bonchev–Trinajstić information content (AvgIpc) is 2.26. The molecule has 92 valence electrons. The molecule has 1 rings (SSSR count). The second kappa shape index (κ2) is 6.44. The fraction of sp³-hybridized carbons (Fsp3) is 0.800. The number of primary amides is 1. The second-order valence-corrected chi connectivity index (χ2v) is 4.08. The van der Waals surface area contributed by atoms with E-state index in [1.165, 1.54) is 6.42 Å². The molecular weight excluding hydrogens is 208 g/mol.